The average Bonchev–Trinajstić information content (AvgIpc) is 3.00. The molecule has 0 saturated heterocycles. The molecule has 2 heterocycles. The molecule has 0 spiro atoms. The largest absolute Gasteiger partial charge is 0.366 e. The molecule has 1 N–H and O–H groups in total. The van der Waals surface area contributed by atoms with Gasteiger partial charge in [0.25, 0.3) is 0 Å². The van der Waals surface area contributed by atoms with E-state index in [-0.39, 0.29) is 0 Å². The van der Waals surface area contributed by atoms with Crippen LogP contribution in [0.3, 0.4) is 0 Å². The van der Waals surface area contributed by atoms with Crippen molar-refractivity contribution in [2.45, 2.75) is 18.9 Å². The van der Waals surface area contributed by atoms with Crippen LogP contribution in [0, 0.1) is 0 Å². The Bertz CT molecular complexity index is 490. The molecule has 0 aliphatic heterocycles. The SMILES string of the molecule is Brc1csc(-c2ccc(NC3CC3)nn2)c1. The van der Waals surface area contributed by atoms with Gasteiger partial charge in [0.2, 0.25) is 0 Å². The molecule has 82 valence electrons. The van der Waals surface area contributed by atoms with Gasteiger partial charge in [0.1, 0.15) is 11.5 Å². The first-order valence-electron chi connectivity index (χ1n) is 5.16. The second-order valence-corrected chi connectivity index (χ2v) is 5.68. The van der Waals surface area contributed by atoms with E-state index in [1.54, 1.807) is 11.3 Å². The van der Waals surface area contributed by atoms with Crippen LogP contribution in [0.25, 0.3) is 10.6 Å². The van der Waals surface area contributed by atoms with Crippen molar-refractivity contribution in [3.8, 4) is 10.6 Å². The molecule has 1 saturated carbocycles. The van der Waals surface area contributed by atoms with Crippen molar-refractivity contribution in [2.75, 3.05) is 5.32 Å². The Balaban J connectivity index is 1.80. The van der Waals surface area contributed by atoms with E-state index in [0.29, 0.717) is 6.04 Å². The highest BCUT2D eigenvalue weighted by Crippen LogP contribution is 2.29. The second kappa shape index (κ2) is 4.14. The molecule has 0 amide bonds. The summed E-state index contributed by atoms with van der Waals surface area (Å²) in [6.45, 7) is 0. The molecule has 0 bridgehead atoms. The van der Waals surface area contributed by atoms with Crippen molar-refractivity contribution in [2.24, 2.45) is 0 Å². The summed E-state index contributed by atoms with van der Waals surface area (Å²) in [5.41, 5.74) is 0.928. The fraction of sp³-hybridized carbons (Fsp3) is 0.273. The first kappa shape index (κ1) is 10.2. The van der Waals surface area contributed by atoms with Crippen LogP contribution in [0.4, 0.5) is 5.82 Å². The molecule has 0 atom stereocenters. The van der Waals surface area contributed by atoms with E-state index >= 15 is 0 Å². The van der Waals surface area contributed by atoms with Crippen molar-refractivity contribution in [3.05, 3.63) is 28.1 Å². The Kier molecular flexibility index (Phi) is 2.65. The summed E-state index contributed by atoms with van der Waals surface area (Å²) in [4.78, 5) is 1.14. The summed E-state index contributed by atoms with van der Waals surface area (Å²) in [6.07, 6.45) is 2.50. The zero-order chi connectivity index (χ0) is 11.0. The summed E-state index contributed by atoms with van der Waals surface area (Å²) in [6, 6.07) is 6.68. The van der Waals surface area contributed by atoms with Crippen molar-refractivity contribution in [1.82, 2.24) is 10.2 Å². The Morgan fingerprint density at radius 3 is 2.75 bits per heavy atom. The normalized spacial score (nSPS) is 15.1. The highest BCUT2D eigenvalue weighted by molar-refractivity contribution is 9.10. The number of halogens is 1. The zero-order valence-corrected chi connectivity index (χ0v) is 10.9. The summed E-state index contributed by atoms with van der Waals surface area (Å²) < 4.78 is 1.09. The molecule has 0 unspecified atom stereocenters. The van der Waals surface area contributed by atoms with Gasteiger partial charge in [-0.2, -0.15) is 0 Å². The van der Waals surface area contributed by atoms with Gasteiger partial charge < -0.3 is 5.32 Å². The number of aromatic nitrogens is 2. The number of anilines is 1. The van der Waals surface area contributed by atoms with Gasteiger partial charge in [0.15, 0.2) is 0 Å². The molecule has 2 aromatic rings. The molecule has 0 radical (unpaired) electrons. The van der Waals surface area contributed by atoms with Crippen molar-refractivity contribution in [3.63, 3.8) is 0 Å². The van der Waals surface area contributed by atoms with Gasteiger partial charge in [0, 0.05) is 15.9 Å². The molecular weight excluding hydrogens is 286 g/mol. The molecule has 2 aromatic heterocycles. The van der Waals surface area contributed by atoms with Crippen molar-refractivity contribution >= 4 is 33.1 Å². The number of hydrogen-bond donors (Lipinski definition) is 1. The second-order valence-electron chi connectivity index (χ2n) is 3.85. The minimum absolute atomic E-state index is 0.621. The molecule has 3 nitrogen and oxygen atoms in total. The van der Waals surface area contributed by atoms with Gasteiger partial charge in [-0.05, 0) is 47.0 Å². The predicted molar refractivity (Wildman–Crippen MR) is 69.7 cm³/mol. The van der Waals surface area contributed by atoms with E-state index in [4.69, 9.17) is 0 Å². The molecule has 16 heavy (non-hydrogen) atoms. The van der Waals surface area contributed by atoms with Crippen LogP contribution < -0.4 is 5.32 Å². The van der Waals surface area contributed by atoms with Crippen LogP contribution in [0.2, 0.25) is 0 Å². The third kappa shape index (κ3) is 2.25. The quantitative estimate of drug-likeness (QED) is 0.941. The lowest BCUT2D eigenvalue weighted by Gasteiger charge is -2.02. The molecule has 1 aliphatic carbocycles. The predicted octanol–water partition coefficient (Wildman–Crippen LogP) is 3.54. The van der Waals surface area contributed by atoms with Gasteiger partial charge in [-0.15, -0.1) is 21.5 Å². The lowest BCUT2D eigenvalue weighted by Crippen LogP contribution is -2.03. The standard InChI is InChI=1S/C11H10BrN3S/c12-7-5-10(16-6-7)9-3-4-11(15-14-9)13-8-1-2-8/h3-6,8H,1-2H2,(H,13,15). The maximum atomic E-state index is 4.22. The fourth-order valence-electron chi connectivity index (χ4n) is 1.42. The molecule has 1 aliphatic rings. The molecule has 1 fully saturated rings. The van der Waals surface area contributed by atoms with Crippen molar-refractivity contribution < 1.29 is 0 Å². The Labute approximate surface area is 106 Å². The maximum absolute atomic E-state index is 4.22. The first-order valence-corrected chi connectivity index (χ1v) is 6.83. The van der Waals surface area contributed by atoms with E-state index in [1.165, 1.54) is 12.8 Å². The Morgan fingerprint density at radius 2 is 2.19 bits per heavy atom. The average molecular weight is 296 g/mol. The monoisotopic (exact) mass is 295 g/mol. The van der Waals surface area contributed by atoms with Crippen LogP contribution in [0.15, 0.2) is 28.1 Å². The molecule has 3 rings (SSSR count). The lowest BCUT2D eigenvalue weighted by molar-refractivity contribution is 1.01. The van der Waals surface area contributed by atoms with E-state index in [2.05, 4.69) is 37.5 Å². The Morgan fingerprint density at radius 1 is 1.31 bits per heavy atom. The van der Waals surface area contributed by atoms with Crippen molar-refractivity contribution in [1.29, 1.82) is 0 Å². The Hall–Kier alpha value is -0.940. The van der Waals surface area contributed by atoms with E-state index in [1.807, 2.05) is 17.5 Å². The number of hydrogen-bond acceptors (Lipinski definition) is 4. The van der Waals surface area contributed by atoms with Gasteiger partial charge in [-0.25, -0.2) is 0 Å². The van der Waals surface area contributed by atoms with Crippen LogP contribution in [-0.2, 0) is 0 Å². The smallest absolute Gasteiger partial charge is 0.148 e. The highest BCUT2D eigenvalue weighted by atomic mass is 79.9. The lowest BCUT2D eigenvalue weighted by atomic mass is 10.3. The van der Waals surface area contributed by atoms with Gasteiger partial charge in [0.05, 0.1) is 4.88 Å². The third-order valence-corrected chi connectivity index (χ3v) is 4.13. The minimum Gasteiger partial charge on any atom is -0.366 e. The third-order valence-electron chi connectivity index (χ3n) is 2.41. The van der Waals surface area contributed by atoms with E-state index < -0.39 is 0 Å². The highest BCUT2D eigenvalue weighted by Gasteiger charge is 2.21. The van der Waals surface area contributed by atoms with E-state index in [0.717, 1.165) is 20.9 Å². The summed E-state index contributed by atoms with van der Waals surface area (Å²) in [7, 11) is 0. The van der Waals surface area contributed by atoms with Crippen LogP contribution in [-0.4, -0.2) is 16.2 Å². The maximum Gasteiger partial charge on any atom is 0.148 e. The summed E-state index contributed by atoms with van der Waals surface area (Å²) in [5.74, 6) is 0.877. The number of nitrogens with one attached hydrogen (secondary N) is 1. The van der Waals surface area contributed by atoms with Gasteiger partial charge >= 0.3 is 0 Å². The fourth-order valence-corrected chi connectivity index (χ4v) is 2.82. The number of rotatable bonds is 3. The van der Waals surface area contributed by atoms with Crippen LogP contribution in [0.1, 0.15) is 12.8 Å². The summed E-state index contributed by atoms with van der Waals surface area (Å²) >= 11 is 5.10. The molecule has 5 heteroatoms. The van der Waals surface area contributed by atoms with Gasteiger partial charge in [-0.3, -0.25) is 0 Å². The molecule has 0 aromatic carbocycles. The van der Waals surface area contributed by atoms with Gasteiger partial charge in [-0.1, -0.05) is 0 Å². The summed E-state index contributed by atoms with van der Waals surface area (Å²) in [5, 5.41) is 13.8. The zero-order valence-electron chi connectivity index (χ0n) is 8.48. The topological polar surface area (TPSA) is 37.8 Å². The van der Waals surface area contributed by atoms with Crippen LogP contribution in [0.5, 0.6) is 0 Å². The minimum atomic E-state index is 0.621. The molecular formula is C11H10BrN3S. The van der Waals surface area contributed by atoms with Crippen LogP contribution >= 0.6 is 27.3 Å². The first-order chi connectivity index (χ1) is 7.81. The number of nitrogens with zero attached hydrogens (tertiary/aromatic N) is 2. The van der Waals surface area contributed by atoms with E-state index in [9.17, 15) is 0 Å². The number of thiophene rings is 1.